The van der Waals surface area contributed by atoms with Crippen LogP contribution in [-0.4, -0.2) is 0 Å². The number of halogens is 2. The zero-order chi connectivity index (χ0) is 8.43. The SMILES string of the molecule is N#Cc1cc(I)cc(N)c1Cl. The third-order valence-electron chi connectivity index (χ3n) is 1.19. The molecule has 1 aromatic rings. The second-order valence-electron chi connectivity index (χ2n) is 1.97. The van der Waals surface area contributed by atoms with E-state index in [4.69, 9.17) is 22.6 Å². The van der Waals surface area contributed by atoms with Crippen molar-refractivity contribution < 1.29 is 0 Å². The molecule has 11 heavy (non-hydrogen) atoms. The van der Waals surface area contributed by atoms with Crippen LogP contribution in [0, 0.1) is 14.9 Å². The molecule has 0 bridgehead atoms. The van der Waals surface area contributed by atoms with Crippen LogP contribution in [0.1, 0.15) is 5.56 Å². The molecule has 0 radical (unpaired) electrons. The molecule has 0 amide bonds. The lowest BCUT2D eigenvalue weighted by molar-refractivity contribution is 1.47. The Balaban J connectivity index is 3.39. The topological polar surface area (TPSA) is 49.8 Å². The van der Waals surface area contributed by atoms with Crippen LogP contribution in [-0.2, 0) is 0 Å². The highest BCUT2D eigenvalue weighted by atomic mass is 127. The molecular weight excluding hydrogens is 274 g/mol. The van der Waals surface area contributed by atoms with Gasteiger partial charge in [0.2, 0.25) is 0 Å². The average molecular weight is 278 g/mol. The van der Waals surface area contributed by atoms with Crippen molar-refractivity contribution in [2.45, 2.75) is 0 Å². The van der Waals surface area contributed by atoms with Crippen molar-refractivity contribution >= 4 is 39.9 Å². The molecule has 0 saturated carbocycles. The zero-order valence-corrected chi connectivity index (χ0v) is 8.35. The number of rotatable bonds is 0. The van der Waals surface area contributed by atoms with Gasteiger partial charge < -0.3 is 5.73 Å². The quantitative estimate of drug-likeness (QED) is 0.585. The Morgan fingerprint density at radius 2 is 2.18 bits per heavy atom. The standard InChI is InChI=1S/C7H4ClIN2/c8-7-4(3-10)1-5(9)2-6(7)11/h1-2H,11H2. The summed E-state index contributed by atoms with van der Waals surface area (Å²) in [6, 6.07) is 5.38. The maximum atomic E-state index is 8.57. The van der Waals surface area contributed by atoms with Crippen molar-refractivity contribution in [2.75, 3.05) is 5.73 Å². The molecule has 0 aliphatic heterocycles. The summed E-state index contributed by atoms with van der Waals surface area (Å²) < 4.78 is 0.918. The Labute approximate surface area is 83.1 Å². The van der Waals surface area contributed by atoms with Gasteiger partial charge in [-0.25, -0.2) is 0 Å². The van der Waals surface area contributed by atoms with E-state index in [1.54, 1.807) is 12.1 Å². The number of nitrogen functional groups attached to an aromatic ring is 1. The maximum Gasteiger partial charge on any atom is 0.101 e. The predicted octanol–water partition coefficient (Wildman–Crippen LogP) is 2.40. The second kappa shape index (κ2) is 3.28. The lowest BCUT2D eigenvalue weighted by atomic mass is 10.2. The first-order valence-corrected chi connectivity index (χ1v) is 4.25. The summed E-state index contributed by atoms with van der Waals surface area (Å²) in [5, 5.41) is 8.91. The van der Waals surface area contributed by atoms with Crippen molar-refractivity contribution in [3.8, 4) is 6.07 Å². The fraction of sp³-hybridized carbons (Fsp3) is 0. The number of nitrogens with zero attached hydrogens (tertiary/aromatic N) is 1. The Kier molecular flexibility index (Phi) is 2.58. The van der Waals surface area contributed by atoms with Crippen LogP contribution in [0.2, 0.25) is 5.02 Å². The van der Waals surface area contributed by atoms with Gasteiger partial charge in [-0.15, -0.1) is 0 Å². The summed E-state index contributed by atoms with van der Waals surface area (Å²) in [5.41, 5.74) is 6.39. The third kappa shape index (κ3) is 1.76. The summed E-state index contributed by atoms with van der Waals surface area (Å²) >= 11 is 7.80. The van der Waals surface area contributed by atoms with E-state index in [1.807, 2.05) is 6.07 Å². The highest BCUT2D eigenvalue weighted by Crippen LogP contribution is 2.25. The number of nitrogens with two attached hydrogens (primary N) is 1. The highest BCUT2D eigenvalue weighted by molar-refractivity contribution is 14.1. The Hall–Kier alpha value is -0.470. The van der Waals surface area contributed by atoms with Crippen molar-refractivity contribution in [1.82, 2.24) is 0 Å². The number of nitriles is 1. The van der Waals surface area contributed by atoms with Crippen LogP contribution in [0.5, 0.6) is 0 Å². The van der Waals surface area contributed by atoms with Crippen LogP contribution in [0.3, 0.4) is 0 Å². The highest BCUT2D eigenvalue weighted by Gasteiger charge is 2.03. The van der Waals surface area contributed by atoms with Gasteiger partial charge in [0.1, 0.15) is 6.07 Å². The summed E-state index contributed by atoms with van der Waals surface area (Å²) in [4.78, 5) is 0. The van der Waals surface area contributed by atoms with Gasteiger partial charge >= 0.3 is 0 Å². The van der Waals surface area contributed by atoms with Gasteiger partial charge in [0, 0.05) is 3.57 Å². The first-order chi connectivity index (χ1) is 5.15. The minimum Gasteiger partial charge on any atom is -0.397 e. The monoisotopic (exact) mass is 278 g/mol. The average Bonchev–Trinajstić information content (AvgIpc) is 1.96. The molecule has 1 aromatic carbocycles. The van der Waals surface area contributed by atoms with Gasteiger partial charge in [-0.2, -0.15) is 5.26 Å². The lowest BCUT2D eigenvalue weighted by Crippen LogP contribution is -1.90. The summed E-state index contributed by atoms with van der Waals surface area (Å²) in [6.45, 7) is 0. The van der Waals surface area contributed by atoms with Crippen LogP contribution in [0.15, 0.2) is 12.1 Å². The van der Waals surface area contributed by atoms with Gasteiger partial charge in [-0.3, -0.25) is 0 Å². The molecule has 0 saturated heterocycles. The molecule has 0 atom stereocenters. The summed E-state index contributed by atoms with van der Waals surface area (Å²) in [6.07, 6.45) is 0. The van der Waals surface area contributed by atoms with Gasteiger partial charge in [0.15, 0.2) is 0 Å². The van der Waals surface area contributed by atoms with E-state index in [1.165, 1.54) is 0 Å². The Bertz CT molecular complexity index is 330. The first kappa shape index (κ1) is 8.62. The lowest BCUT2D eigenvalue weighted by Gasteiger charge is -1.99. The van der Waals surface area contributed by atoms with E-state index < -0.39 is 0 Å². The van der Waals surface area contributed by atoms with Crippen molar-refractivity contribution in [1.29, 1.82) is 5.26 Å². The minimum atomic E-state index is 0.341. The van der Waals surface area contributed by atoms with Crippen LogP contribution in [0.25, 0.3) is 0 Å². The maximum absolute atomic E-state index is 8.57. The van der Waals surface area contributed by atoms with Gasteiger partial charge in [0.05, 0.1) is 16.3 Å². The molecule has 0 aliphatic rings. The molecule has 1 rings (SSSR count). The fourth-order valence-electron chi connectivity index (χ4n) is 0.692. The van der Waals surface area contributed by atoms with E-state index in [0.29, 0.717) is 16.3 Å². The number of hydrogen-bond donors (Lipinski definition) is 1. The molecule has 0 heterocycles. The number of anilines is 1. The van der Waals surface area contributed by atoms with Crippen molar-refractivity contribution in [3.63, 3.8) is 0 Å². The molecule has 0 unspecified atom stereocenters. The molecule has 4 heteroatoms. The number of benzene rings is 1. The molecule has 2 nitrogen and oxygen atoms in total. The van der Waals surface area contributed by atoms with E-state index in [0.717, 1.165) is 3.57 Å². The van der Waals surface area contributed by atoms with Crippen LogP contribution in [0.4, 0.5) is 5.69 Å². The largest absolute Gasteiger partial charge is 0.397 e. The molecule has 0 spiro atoms. The summed E-state index contributed by atoms with van der Waals surface area (Å²) in [5.74, 6) is 0. The van der Waals surface area contributed by atoms with E-state index in [9.17, 15) is 0 Å². The van der Waals surface area contributed by atoms with Crippen molar-refractivity contribution in [3.05, 3.63) is 26.3 Å². The molecule has 0 aromatic heterocycles. The molecular formula is C7H4ClIN2. The van der Waals surface area contributed by atoms with Gasteiger partial charge in [-0.05, 0) is 34.7 Å². The normalized spacial score (nSPS) is 9.18. The minimum absolute atomic E-state index is 0.341. The van der Waals surface area contributed by atoms with Crippen LogP contribution >= 0.6 is 34.2 Å². The predicted molar refractivity (Wildman–Crippen MR) is 53.3 cm³/mol. The summed E-state index contributed by atoms with van der Waals surface area (Å²) in [7, 11) is 0. The van der Waals surface area contributed by atoms with Gasteiger partial charge in [-0.1, -0.05) is 11.6 Å². The van der Waals surface area contributed by atoms with Crippen LogP contribution < -0.4 is 5.73 Å². The van der Waals surface area contributed by atoms with E-state index in [2.05, 4.69) is 22.6 Å². The Morgan fingerprint density at radius 1 is 1.55 bits per heavy atom. The second-order valence-corrected chi connectivity index (χ2v) is 3.59. The molecule has 0 aliphatic carbocycles. The van der Waals surface area contributed by atoms with E-state index >= 15 is 0 Å². The third-order valence-corrected chi connectivity index (χ3v) is 2.23. The number of hydrogen-bond acceptors (Lipinski definition) is 2. The molecule has 0 fully saturated rings. The molecule has 56 valence electrons. The molecule has 2 N–H and O–H groups in total. The fourth-order valence-corrected chi connectivity index (χ4v) is 1.49. The van der Waals surface area contributed by atoms with Gasteiger partial charge in [0.25, 0.3) is 0 Å². The smallest absolute Gasteiger partial charge is 0.101 e. The first-order valence-electron chi connectivity index (χ1n) is 2.79. The Morgan fingerprint density at radius 3 is 2.73 bits per heavy atom. The zero-order valence-electron chi connectivity index (χ0n) is 5.44. The van der Waals surface area contributed by atoms with Crippen molar-refractivity contribution in [2.24, 2.45) is 0 Å². The van der Waals surface area contributed by atoms with E-state index in [-0.39, 0.29) is 0 Å².